The van der Waals surface area contributed by atoms with Crippen molar-refractivity contribution in [3.8, 4) is 0 Å². The fourth-order valence-corrected chi connectivity index (χ4v) is 3.49. The van der Waals surface area contributed by atoms with E-state index in [-0.39, 0.29) is 0 Å². The van der Waals surface area contributed by atoms with Crippen LogP contribution in [0.1, 0.15) is 47.5 Å². The second kappa shape index (κ2) is 3.12. The fraction of sp³-hybridized carbons (Fsp3) is 0.583. The lowest BCUT2D eigenvalue weighted by atomic mass is 9.83. The van der Waals surface area contributed by atoms with Gasteiger partial charge in [0, 0.05) is 12.4 Å². The predicted molar refractivity (Wildman–Crippen MR) is 55.9 cm³/mol. The number of carbonyl (C=O) groups is 1. The van der Waals surface area contributed by atoms with Crippen LogP contribution >= 0.6 is 0 Å². The highest BCUT2D eigenvalue weighted by atomic mass is 16.4. The number of aromatic nitrogens is 1. The molecule has 3 nitrogen and oxygen atoms in total. The van der Waals surface area contributed by atoms with Gasteiger partial charge in [0.2, 0.25) is 0 Å². The summed E-state index contributed by atoms with van der Waals surface area (Å²) in [6.07, 6.45) is 8.66. The average molecular weight is 205 g/mol. The molecule has 2 bridgehead atoms. The average Bonchev–Trinajstić information content (AvgIpc) is 2.92. The van der Waals surface area contributed by atoms with Crippen molar-refractivity contribution < 1.29 is 9.90 Å². The quantitative estimate of drug-likeness (QED) is 0.779. The van der Waals surface area contributed by atoms with Gasteiger partial charge in [0.15, 0.2) is 0 Å². The zero-order chi connectivity index (χ0) is 10.4. The van der Waals surface area contributed by atoms with Gasteiger partial charge in [0.25, 0.3) is 0 Å². The molecule has 1 aromatic heterocycles. The molecule has 2 aliphatic rings. The number of rotatable bonds is 2. The molecule has 80 valence electrons. The van der Waals surface area contributed by atoms with Crippen molar-refractivity contribution in [2.75, 3.05) is 0 Å². The molecular formula is C12H15NO2. The van der Waals surface area contributed by atoms with E-state index in [1.807, 2.05) is 6.20 Å². The molecule has 0 amide bonds. The number of fused-ring (bicyclic) bond motifs is 2. The van der Waals surface area contributed by atoms with Crippen LogP contribution in [0.25, 0.3) is 0 Å². The lowest BCUT2D eigenvalue weighted by Gasteiger charge is -2.21. The first-order chi connectivity index (χ1) is 7.25. The number of hydrogen-bond acceptors (Lipinski definition) is 1. The molecule has 0 aliphatic heterocycles. The van der Waals surface area contributed by atoms with Gasteiger partial charge < -0.3 is 10.1 Å². The SMILES string of the molecule is O=C(O)c1c[nH]cc1C1CC2CCC1C2. The smallest absolute Gasteiger partial charge is 0.337 e. The molecule has 2 fully saturated rings. The lowest BCUT2D eigenvalue weighted by molar-refractivity contribution is 0.0695. The van der Waals surface area contributed by atoms with Crippen molar-refractivity contribution in [3.05, 3.63) is 23.5 Å². The Hall–Kier alpha value is -1.25. The van der Waals surface area contributed by atoms with E-state index in [0.717, 1.165) is 17.4 Å². The minimum Gasteiger partial charge on any atom is -0.478 e. The zero-order valence-corrected chi connectivity index (χ0v) is 8.57. The van der Waals surface area contributed by atoms with Crippen molar-refractivity contribution in [2.24, 2.45) is 11.8 Å². The number of aromatic carboxylic acids is 1. The third kappa shape index (κ3) is 1.29. The maximum absolute atomic E-state index is 11.0. The van der Waals surface area contributed by atoms with Crippen molar-refractivity contribution in [2.45, 2.75) is 31.6 Å². The molecule has 0 aromatic carbocycles. The Bertz CT molecular complexity index is 396. The second-order valence-corrected chi connectivity index (χ2v) is 4.91. The number of carboxylic acids is 1. The molecule has 1 heterocycles. The maximum Gasteiger partial charge on any atom is 0.337 e. The van der Waals surface area contributed by atoms with Crippen LogP contribution in [0.3, 0.4) is 0 Å². The number of aromatic amines is 1. The van der Waals surface area contributed by atoms with Crippen LogP contribution in [0, 0.1) is 11.8 Å². The molecule has 15 heavy (non-hydrogen) atoms. The predicted octanol–water partition coefficient (Wildman–Crippen LogP) is 2.62. The molecule has 3 atom stereocenters. The Kier molecular flexibility index (Phi) is 1.87. The molecule has 2 aliphatic carbocycles. The molecule has 0 saturated heterocycles. The van der Waals surface area contributed by atoms with Gasteiger partial charge in [-0.25, -0.2) is 4.79 Å². The van der Waals surface area contributed by atoms with Crippen LogP contribution in [0.2, 0.25) is 0 Å². The van der Waals surface area contributed by atoms with E-state index >= 15 is 0 Å². The van der Waals surface area contributed by atoms with Gasteiger partial charge in [-0.3, -0.25) is 0 Å². The first-order valence-corrected chi connectivity index (χ1v) is 5.65. The van der Waals surface area contributed by atoms with Gasteiger partial charge in [0.1, 0.15) is 0 Å². The summed E-state index contributed by atoms with van der Waals surface area (Å²) >= 11 is 0. The van der Waals surface area contributed by atoms with Crippen LogP contribution in [0.4, 0.5) is 0 Å². The topological polar surface area (TPSA) is 53.1 Å². The van der Waals surface area contributed by atoms with Gasteiger partial charge >= 0.3 is 5.97 Å². The summed E-state index contributed by atoms with van der Waals surface area (Å²) < 4.78 is 0. The number of carboxylic acid groups (broad SMARTS) is 1. The van der Waals surface area contributed by atoms with Crippen LogP contribution in [-0.4, -0.2) is 16.1 Å². The molecule has 0 radical (unpaired) electrons. The Morgan fingerprint density at radius 1 is 1.33 bits per heavy atom. The molecule has 2 N–H and O–H groups in total. The van der Waals surface area contributed by atoms with E-state index < -0.39 is 5.97 Å². The minimum atomic E-state index is -0.797. The number of nitrogens with one attached hydrogen (secondary N) is 1. The molecule has 1 aromatic rings. The summed E-state index contributed by atoms with van der Waals surface area (Å²) in [5, 5.41) is 9.07. The molecule has 2 saturated carbocycles. The zero-order valence-electron chi connectivity index (χ0n) is 8.57. The van der Waals surface area contributed by atoms with Crippen molar-refractivity contribution in [1.29, 1.82) is 0 Å². The normalized spacial score (nSPS) is 33.5. The van der Waals surface area contributed by atoms with E-state index in [4.69, 9.17) is 5.11 Å². The minimum absolute atomic E-state index is 0.479. The summed E-state index contributed by atoms with van der Waals surface area (Å²) in [4.78, 5) is 14.0. The van der Waals surface area contributed by atoms with E-state index in [0.29, 0.717) is 11.5 Å². The van der Waals surface area contributed by atoms with Crippen LogP contribution < -0.4 is 0 Å². The number of hydrogen-bond donors (Lipinski definition) is 2. The Morgan fingerprint density at radius 3 is 2.80 bits per heavy atom. The van der Waals surface area contributed by atoms with Gasteiger partial charge in [-0.05, 0) is 42.6 Å². The van der Waals surface area contributed by atoms with E-state index in [1.54, 1.807) is 6.20 Å². The van der Waals surface area contributed by atoms with Crippen molar-refractivity contribution in [3.63, 3.8) is 0 Å². The van der Waals surface area contributed by atoms with Gasteiger partial charge in [-0.1, -0.05) is 6.42 Å². The van der Waals surface area contributed by atoms with Crippen LogP contribution in [0.5, 0.6) is 0 Å². The number of H-pyrrole nitrogens is 1. The summed E-state index contributed by atoms with van der Waals surface area (Å²) in [5.74, 6) is 1.30. The third-order valence-corrected chi connectivity index (χ3v) is 4.15. The van der Waals surface area contributed by atoms with Crippen molar-refractivity contribution in [1.82, 2.24) is 4.98 Å². The van der Waals surface area contributed by atoms with Crippen LogP contribution in [-0.2, 0) is 0 Å². The Labute approximate surface area is 88.5 Å². The Balaban J connectivity index is 1.93. The first kappa shape index (κ1) is 9.01. The van der Waals surface area contributed by atoms with E-state index in [1.165, 1.54) is 25.7 Å². The van der Waals surface area contributed by atoms with Crippen LogP contribution in [0.15, 0.2) is 12.4 Å². The molecule has 3 rings (SSSR count). The van der Waals surface area contributed by atoms with E-state index in [2.05, 4.69) is 4.98 Å². The Morgan fingerprint density at radius 2 is 2.20 bits per heavy atom. The summed E-state index contributed by atoms with van der Waals surface area (Å²) in [6, 6.07) is 0. The summed E-state index contributed by atoms with van der Waals surface area (Å²) in [6.45, 7) is 0. The standard InChI is InChI=1S/C12H15NO2/c14-12(15)11-6-13-5-10(11)9-4-7-1-2-8(9)3-7/h5-9,13H,1-4H2,(H,14,15). The van der Waals surface area contributed by atoms with Gasteiger partial charge in [-0.15, -0.1) is 0 Å². The first-order valence-electron chi connectivity index (χ1n) is 5.65. The molecule has 3 heteroatoms. The summed E-state index contributed by atoms with van der Waals surface area (Å²) in [5.41, 5.74) is 1.52. The molecule has 0 spiro atoms. The summed E-state index contributed by atoms with van der Waals surface area (Å²) in [7, 11) is 0. The highest BCUT2D eigenvalue weighted by Gasteiger charge is 2.41. The fourth-order valence-electron chi connectivity index (χ4n) is 3.49. The monoisotopic (exact) mass is 205 g/mol. The van der Waals surface area contributed by atoms with E-state index in [9.17, 15) is 4.79 Å². The third-order valence-electron chi connectivity index (χ3n) is 4.15. The maximum atomic E-state index is 11.0. The largest absolute Gasteiger partial charge is 0.478 e. The highest BCUT2D eigenvalue weighted by molar-refractivity contribution is 5.89. The van der Waals surface area contributed by atoms with Gasteiger partial charge in [-0.2, -0.15) is 0 Å². The lowest BCUT2D eigenvalue weighted by Crippen LogP contribution is -2.11. The van der Waals surface area contributed by atoms with Crippen molar-refractivity contribution >= 4 is 5.97 Å². The molecular weight excluding hydrogens is 190 g/mol. The molecule has 3 unspecified atom stereocenters. The highest BCUT2D eigenvalue weighted by Crippen LogP contribution is 2.53. The second-order valence-electron chi connectivity index (χ2n) is 4.91. The van der Waals surface area contributed by atoms with Gasteiger partial charge in [0.05, 0.1) is 5.56 Å².